The van der Waals surface area contributed by atoms with Crippen LogP contribution in [0.3, 0.4) is 0 Å². The standard InChI is InChI=1S/C26H41NO.2C2H6.H2O/c1-17-9-13-26(27-16-17)15-22-23(28-26)14-21-19-8-7-18-6-4-5-11-24(18,2)20(19)10-12-25(21,22)3;2*1-2;/h7,17,19-23,27H,4-6,8-16H2,1-3H3;2*1-2H3;1H2/t17?,19-,20+,21?,22+,23+,24+,25+,26-;;;/m0.../s1. The molecule has 0 aromatic heterocycles. The van der Waals surface area contributed by atoms with E-state index >= 15 is 0 Å². The molecule has 6 aliphatic rings. The summed E-state index contributed by atoms with van der Waals surface area (Å²) in [4.78, 5) is 0. The van der Waals surface area contributed by atoms with Gasteiger partial charge in [-0.15, -0.1) is 0 Å². The summed E-state index contributed by atoms with van der Waals surface area (Å²) in [7, 11) is 0. The molecule has 2 aliphatic heterocycles. The van der Waals surface area contributed by atoms with Crippen molar-refractivity contribution < 1.29 is 10.2 Å². The molecule has 0 bridgehead atoms. The maximum Gasteiger partial charge on any atom is 0.120 e. The fourth-order valence-corrected chi connectivity index (χ4v) is 9.28. The maximum atomic E-state index is 6.90. The monoisotopic (exact) mass is 461 g/mol. The second kappa shape index (κ2) is 10.3. The lowest BCUT2D eigenvalue weighted by Gasteiger charge is -2.57. The summed E-state index contributed by atoms with van der Waals surface area (Å²) in [5.74, 6) is 4.39. The second-order valence-corrected chi connectivity index (χ2v) is 12.2. The van der Waals surface area contributed by atoms with Gasteiger partial charge in [-0.05, 0) is 105 Å². The molecule has 2 saturated heterocycles. The third-order valence-corrected chi connectivity index (χ3v) is 11.0. The Balaban J connectivity index is 0.000000583. The Morgan fingerprint density at radius 1 is 0.939 bits per heavy atom. The molecule has 2 heterocycles. The first-order chi connectivity index (χ1) is 15.4. The van der Waals surface area contributed by atoms with Crippen molar-refractivity contribution in [2.75, 3.05) is 6.54 Å². The van der Waals surface area contributed by atoms with Gasteiger partial charge >= 0.3 is 0 Å². The molecule has 9 atom stereocenters. The average Bonchev–Trinajstić information content (AvgIpc) is 3.31. The summed E-state index contributed by atoms with van der Waals surface area (Å²) in [6.45, 7) is 16.8. The number of hydrogen-bond donors (Lipinski definition) is 1. The maximum absolute atomic E-state index is 6.90. The zero-order chi connectivity index (χ0) is 23.1. The lowest BCUT2D eigenvalue weighted by molar-refractivity contribution is -0.0953. The molecule has 3 heteroatoms. The van der Waals surface area contributed by atoms with Crippen LogP contribution in [0, 0.1) is 40.4 Å². The molecule has 6 rings (SSSR count). The van der Waals surface area contributed by atoms with E-state index in [2.05, 4.69) is 32.2 Å². The van der Waals surface area contributed by atoms with E-state index < -0.39 is 0 Å². The van der Waals surface area contributed by atoms with Gasteiger partial charge in [0.15, 0.2) is 0 Å². The number of nitrogens with one attached hydrogen (secondary N) is 1. The third-order valence-electron chi connectivity index (χ3n) is 11.0. The SMILES string of the molecule is CC.CC.CC1CC[C@]2(C[C@@H]3[C@@H](CC4[C@H]5CC=C6CCCC[C@@]6(C)[C@@H]5CC[C@]43C)O2)NC1.O. The lowest BCUT2D eigenvalue weighted by Crippen LogP contribution is -2.53. The Hall–Kier alpha value is -0.380. The zero-order valence-electron chi connectivity index (χ0n) is 22.9. The highest BCUT2D eigenvalue weighted by Crippen LogP contribution is 2.69. The van der Waals surface area contributed by atoms with Gasteiger partial charge in [0.05, 0.1) is 6.10 Å². The zero-order valence-corrected chi connectivity index (χ0v) is 22.9. The molecule has 0 radical (unpaired) electrons. The van der Waals surface area contributed by atoms with E-state index in [1.54, 1.807) is 0 Å². The number of fused-ring (bicyclic) bond motifs is 7. The molecule has 3 saturated carbocycles. The Bertz CT molecular complexity index is 681. The van der Waals surface area contributed by atoms with E-state index in [4.69, 9.17) is 4.74 Å². The summed E-state index contributed by atoms with van der Waals surface area (Å²) < 4.78 is 6.90. The van der Waals surface area contributed by atoms with Gasteiger partial charge < -0.3 is 10.2 Å². The van der Waals surface area contributed by atoms with Crippen LogP contribution in [-0.2, 0) is 4.74 Å². The van der Waals surface area contributed by atoms with Gasteiger partial charge in [-0.1, -0.05) is 66.5 Å². The van der Waals surface area contributed by atoms with Crippen LogP contribution in [0.15, 0.2) is 11.6 Å². The van der Waals surface area contributed by atoms with Crippen molar-refractivity contribution in [3.63, 3.8) is 0 Å². The topological polar surface area (TPSA) is 52.8 Å². The molecule has 0 aromatic carbocycles. The van der Waals surface area contributed by atoms with Crippen LogP contribution in [-0.4, -0.2) is 23.8 Å². The summed E-state index contributed by atoms with van der Waals surface area (Å²) >= 11 is 0. The van der Waals surface area contributed by atoms with Crippen molar-refractivity contribution in [1.29, 1.82) is 0 Å². The predicted octanol–water partition coefficient (Wildman–Crippen LogP) is 7.30. The van der Waals surface area contributed by atoms with Crippen LogP contribution >= 0.6 is 0 Å². The Kier molecular flexibility index (Phi) is 8.50. The minimum Gasteiger partial charge on any atom is -0.412 e. The number of piperidine rings is 1. The van der Waals surface area contributed by atoms with Crippen molar-refractivity contribution in [1.82, 2.24) is 5.32 Å². The van der Waals surface area contributed by atoms with Gasteiger partial charge in [-0.2, -0.15) is 0 Å². The molecule has 192 valence electrons. The van der Waals surface area contributed by atoms with Crippen LogP contribution in [0.4, 0.5) is 0 Å². The molecular weight excluding hydrogens is 406 g/mol. The largest absolute Gasteiger partial charge is 0.412 e. The van der Waals surface area contributed by atoms with Crippen molar-refractivity contribution in [3.05, 3.63) is 11.6 Å². The highest BCUT2D eigenvalue weighted by atomic mass is 16.5. The molecule has 4 aliphatic carbocycles. The minimum atomic E-state index is 0. The van der Waals surface area contributed by atoms with Crippen molar-refractivity contribution in [2.45, 2.75) is 131 Å². The number of allylic oxidation sites excluding steroid dienone is 2. The minimum absolute atomic E-state index is 0. The molecule has 0 aromatic rings. The quantitative estimate of drug-likeness (QED) is 0.385. The summed E-state index contributed by atoms with van der Waals surface area (Å²) in [6, 6.07) is 0. The summed E-state index contributed by atoms with van der Waals surface area (Å²) in [5, 5.41) is 3.85. The summed E-state index contributed by atoms with van der Waals surface area (Å²) in [6.07, 6.45) is 18.5. The third kappa shape index (κ3) is 4.27. The highest BCUT2D eigenvalue weighted by Gasteiger charge is 2.65. The molecule has 1 spiro atoms. The second-order valence-electron chi connectivity index (χ2n) is 12.2. The van der Waals surface area contributed by atoms with Crippen LogP contribution in [0.25, 0.3) is 0 Å². The van der Waals surface area contributed by atoms with Gasteiger partial charge in [0, 0.05) is 6.54 Å². The van der Waals surface area contributed by atoms with Crippen molar-refractivity contribution >= 4 is 0 Å². The normalized spacial score (nSPS) is 49.5. The first-order valence-electron chi connectivity index (χ1n) is 14.6. The van der Waals surface area contributed by atoms with Gasteiger partial charge in [-0.3, -0.25) is 5.32 Å². The Labute approximate surface area is 205 Å². The van der Waals surface area contributed by atoms with Gasteiger partial charge in [-0.25, -0.2) is 0 Å². The van der Waals surface area contributed by atoms with Crippen LogP contribution < -0.4 is 5.32 Å². The summed E-state index contributed by atoms with van der Waals surface area (Å²) in [5.41, 5.74) is 2.93. The van der Waals surface area contributed by atoms with E-state index in [0.717, 1.165) is 36.1 Å². The predicted molar refractivity (Wildman–Crippen MR) is 140 cm³/mol. The Morgan fingerprint density at radius 2 is 1.70 bits per heavy atom. The molecule has 2 unspecified atom stereocenters. The first kappa shape index (κ1) is 27.2. The number of ether oxygens (including phenoxy) is 1. The molecule has 5 fully saturated rings. The van der Waals surface area contributed by atoms with E-state index in [9.17, 15) is 0 Å². The molecule has 3 nitrogen and oxygen atoms in total. The van der Waals surface area contributed by atoms with E-state index in [1.807, 2.05) is 33.3 Å². The van der Waals surface area contributed by atoms with E-state index in [0.29, 0.717) is 16.9 Å². The van der Waals surface area contributed by atoms with Crippen LogP contribution in [0.5, 0.6) is 0 Å². The van der Waals surface area contributed by atoms with Gasteiger partial charge in [0.2, 0.25) is 0 Å². The smallest absolute Gasteiger partial charge is 0.120 e. The first-order valence-corrected chi connectivity index (χ1v) is 14.6. The number of rotatable bonds is 0. The van der Waals surface area contributed by atoms with Crippen LogP contribution in [0.2, 0.25) is 0 Å². The molecule has 0 amide bonds. The Morgan fingerprint density at radius 3 is 2.39 bits per heavy atom. The van der Waals surface area contributed by atoms with Crippen LogP contribution in [0.1, 0.15) is 119 Å². The average molecular weight is 462 g/mol. The fourth-order valence-electron chi connectivity index (χ4n) is 9.28. The molecule has 33 heavy (non-hydrogen) atoms. The van der Waals surface area contributed by atoms with E-state index in [-0.39, 0.29) is 11.2 Å². The van der Waals surface area contributed by atoms with Gasteiger partial charge in [0.1, 0.15) is 5.72 Å². The lowest BCUT2D eigenvalue weighted by atomic mass is 9.47. The van der Waals surface area contributed by atoms with Crippen molar-refractivity contribution in [3.8, 4) is 0 Å². The fraction of sp³-hybridized carbons (Fsp3) is 0.933. The van der Waals surface area contributed by atoms with Gasteiger partial charge in [0.25, 0.3) is 0 Å². The highest BCUT2D eigenvalue weighted by molar-refractivity contribution is 5.25. The van der Waals surface area contributed by atoms with Crippen molar-refractivity contribution in [2.24, 2.45) is 40.4 Å². The number of hydrogen-bond acceptors (Lipinski definition) is 2. The molecule has 3 N–H and O–H groups in total. The molecular formula is C30H55NO2. The van der Waals surface area contributed by atoms with E-state index in [1.165, 1.54) is 70.6 Å².